The molecule has 0 saturated heterocycles. The first-order valence-corrected chi connectivity index (χ1v) is 8.74. The van der Waals surface area contributed by atoms with Crippen molar-refractivity contribution in [3.63, 3.8) is 0 Å². The molecule has 0 radical (unpaired) electrons. The van der Waals surface area contributed by atoms with Crippen molar-refractivity contribution in [3.05, 3.63) is 34.6 Å². The van der Waals surface area contributed by atoms with Crippen LogP contribution in [0.4, 0.5) is 4.39 Å². The monoisotopic (exact) mass is 311 g/mol. The minimum Gasteiger partial charge on any atom is -0.314 e. The van der Waals surface area contributed by atoms with Gasteiger partial charge in [0.15, 0.2) is 0 Å². The summed E-state index contributed by atoms with van der Waals surface area (Å²) in [6.07, 6.45) is 10.1. The molecular weight excluding hydrogens is 285 g/mol. The summed E-state index contributed by atoms with van der Waals surface area (Å²) in [5, 5.41) is 4.19. The second kappa shape index (κ2) is 8.75. The third kappa shape index (κ3) is 5.60. The van der Waals surface area contributed by atoms with Crippen molar-refractivity contribution in [1.29, 1.82) is 0 Å². The lowest BCUT2D eigenvalue weighted by molar-refractivity contribution is 0.402. The van der Waals surface area contributed by atoms with Crippen LogP contribution in [0.15, 0.2) is 18.2 Å². The second-order valence-electron chi connectivity index (χ2n) is 6.32. The van der Waals surface area contributed by atoms with E-state index in [1.54, 1.807) is 0 Å². The highest BCUT2D eigenvalue weighted by Gasteiger charge is 2.18. The fourth-order valence-electron chi connectivity index (χ4n) is 3.31. The molecular formula is C18H27ClFN. The average molecular weight is 312 g/mol. The van der Waals surface area contributed by atoms with Gasteiger partial charge in [0.1, 0.15) is 5.82 Å². The topological polar surface area (TPSA) is 12.0 Å². The summed E-state index contributed by atoms with van der Waals surface area (Å²) in [4.78, 5) is 0. The third-order valence-corrected chi connectivity index (χ3v) is 4.91. The zero-order chi connectivity index (χ0) is 15.1. The second-order valence-corrected chi connectivity index (χ2v) is 6.73. The lowest BCUT2D eigenvalue weighted by Crippen LogP contribution is -2.32. The quantitative estimate of drug-likeness (QED) is 0.681. The molecule has 1 unspecified atom stereocenters. The maximum absolute atomic E-state index is 13.1. The van der Waals surface area contributed by atoms with Gasteiger partial charge in [0.2, 0.25) is 0 Å². The summed E-state index contributed by atoms with van der Waals surface area (Å²) < 4.78 is 13.1. The van der Waals surface area contributed by atoms with E-state index in [0.717, 1.165) is 30.9 Å². The highest BCUT2D eigenvalue weighted by Crippen LogP contribution is 2.29. The van der Waals surface area contributed by atoms with E-state index in [0.29, 0.717) is 11.1 Å². The van der Waals surface area contributed by atoms with Gasteiger partial charge < -0.3 is 5.32 Å². The first kappa shape index (κ1) is 16.8. The smallest absolute Gasteiger partial charge is 0.124 e. The standard InChI is InChI=1S/C18H27ClFN/c1-2-11-21-17(10-7-14-5-3-4-6-14)12-15-8-9-16(20)13-18(15)19/h8-9,13-14,17,21H,2-7,10-12H2,1H3. The van der Waals surface area contributed by atoms with Gasteiger partial charge in [0.05, 0.1) is 0 Å². The minimum atomic E-state index is -0.257. The Hall–Kier alpha value is -0.600. The Kier molecular flexibility index (Phi) is 6.98. The van der Waals surface area contributed by atoms with E-state index in [4.69, 9.17) is 11.6 Å². The van der Waals surface area contributed by atoms with Crippen LogP contribution in [0.25, 0.3) is 0 Å². The minimum absolute atomic E-state index is 0.257. The van der Waals surface area contributed by atoms with Crippen LogP contribution >= 0.6 is 11.6 Å². The van der Waals surface area contributed by atoms with E-state index in [2.05, 4.69) is 12.2 Å². The summed E-state index contributed by atoms with van der Waals surface area (Å²) in [6.45, 7) is 3.22. The SMILES string of the molecule is CCCNC(CCC1CCCC1)Cc1ccc(F)cc1Cl. The van der Waals surface area contributed by atoms with Crippen LogP contribution in [0.1, 0.15) is 57.4 Å². The average Bonchev–Trinajstić information content (AvgIpc) is 2.97. The molecule has 2 rings (SSSR count). The first-order valence-electron chi connectivity index (χ1n) is 8.36. The maximum atomic E-state index is 13.1. The van der Waals surface area contributed by atoms with Crippen molar-refractivity contribution in [3.8, 4) is 0 Å². The van der Waals surface area contributed by atoms with E-state index in [1.807, 2.05) is 6.07 Å². The van der Waals surface area contributed by atoms with Crippen molar-refractivity contribution in [2.75, 3.05) is 6.54 Å². The highest BCUT2D eigenvalue weighted by molar-refractivity contribution is 6.31. The Labute approximate surface area is 133 Å². The highest BCUT2D eigenvalue weighted by atomic mass is 35.5. The van der Waals surface area contributed by atoms with Crippen LogP contribution in [0, 0.1) is 11.7 Å². The van der Waals surface area contributed by atoms with Gasteiger partial charge in [-0.15, -0.1) is 0 Å². The summed E-state index contributed by atoms with van der Waals surface area (Å²) in [5.74, 6) is 0.660. The summed E-state index contributed by atoms with van der Waals surface area (Å²) in [6, 6.07) is 5.21. The number of halogens is 2. The number of benzene rings is 1. The van der Waals surface area contributed by atoms with Gasteiger partial charge in [-0.3, -0.25) is 0 Å². The molecule has 0 amide bonds. The van der Waals surface area contributed by atoms with Crippen molar-refractivity contribution in [1.82, 2.24) is 5.32 Å². The molecule has 0 heterocycles. The Bertz CT molecular complexity index is 429. The molecule has 0 bridgehead atoms. The molecule has 0 aliphatic heterocycles. The van der Waals surface area contributed by atoms with Crippen LogP contribution < -0.4 is 5.32 Å². The van der Waals surface area contributed by atoms with Crippen LogP contribution in [0.2, 0.25) is 5.02 Å². The number of rotatable bonds is 8. The molecule has 1 aliphatic carbocycles. The Morgan fingerprint density at radius 3 is 2.76 bits per heavy atom. The van der Waals surface area contributed by atoms with Gasteiger partial charge in [-0.1, -0.05) is 50.3 Å². The van der Waals surface area contributed by atoms with Gasteiger partial charge in [-0.05, 0) is 55.8 Å². The van der Waals surface area contributed by atoms with E-state index in [-0.39, 0.29) is 5.82 Å². The molecule has 1 aromatic carbocycles. The van der Waals surface area contributed by atoms with Crippen molar-refractivity contribution in [2.24, 2.45) is 5.92 Å². The molecule has 0 aromatic heterocycles. The molecule has 1 nitrogen and oxygen atoms in total. The Morgan fingerprint density at radius 1 is 1.33 bits per heavy atom. The van der Waals surface area contributed by atoms with Gasteiger partial charge in [0.25, 0.3) is 0 Å². The number of hydrogen-bond donors (Lipinski definition) is 1. The fraction of sp³-hybridized carbons (Fsp3) is 0.667. The lowest BCUT2D eigenvalue weighted by Gasteiger charge is -2.21. The van der Waals surface area contributed by atoms with Crippen molar-refractivity contribution >= 4 is 11.6 Å². The zero-order valence-corrected chi connectivity index (χ0v) is 13.8. The molecule has 1 fully saturated rings. The van der Waals surface area contributed by atoms with Gasteiger partial charge in [-0.2, -0.15) is 0 Å². The first-order chi connectivity index (χ1) is 10.2. The lowest BCUT2D eigenvalue weighted by atomic mass is 9.95. The van der Waals surface area contributed by atoms with Crippen LogP contribution in [0.3, 0.4) is 0 Å². The van der Waals surface area contributed by atoms with E-state index in [1.165, 1.54) is 50.7 Å². The predicted octanol–water partition coefficient (Wildman–Crippen LogP) is 5.36. The zero-order valence-electron chi connectivity index (χ0n) is 13.0. The summed E-state index contributed by atoms with van der Waals surface area (Å²) in [5.41, 5.74) is 1.05. The molecule has 1 atom stereocenters. The fourth-order valence-corrected chi connectivity index (χ4v) is 3.56. The van der Waals surface area contributed by atoms with E-state index < -0.39 is 0 Å². The maximum Gasteiger partial charge on any atom is 0.124 e. The number of nitrogens with one attached hydrogen (secondary N) is 1. The van der Waals surface area contributed by atoms with Crippen molar-refractivity contribution < 1.29 is 4.39 Å². The van der Waals surface area contributed by atoms with Crippen molar-refractivity contribution in [2.45, 2.75) is 64.3 Å². The summed E-state index contributed by atoms with van der Waals surface area (Å²) in [7, 11) is 0. The number of hydrogen-bond acceptors (Lipinski definition) is 1. The normalized spacial score (nSPS) is 17.3. The molecule has 1 aromatic rings. The predicted molar refractivity (Wildman–Crippen MR) is 88.4 cm³/mol. The molecule has 21 heavy (non-hydrogen) atoms. The van der Waals surface area contributed by atoms with Crippen LogP contribution in [-0.4, -0.2) is 12.6 Å². The molecule has 0 spiro atoms. The Balaban J connectivity index is 1.90. The molecule has 1 N–H and O–H groups in total. The largest absolute Gasteiger partial charge is 0.314 e. The van der Waals surface area contributed by atoms with E-state index >= 15 is 0 Å². The van der Waals surface area contributed by atoms with Gasteiger partial charge >= 0.3 is 0 Å². The molecule has 118 valence electrons. The summed E-state index contributed by atoms with van der Waals surface area (Å²) >= 11 is 6.17. The van der Waals surface area contributed by atoms with Crippen LogP contribution in [0.5, 0.6) is 0 Å². The van der Waals surface area contributed by atoms with E-state index in [9.17, 15) is 4.39 Å². The molecule has 1 saturated carbocycles. The van der Waals surface area contributed by atoms with Gasteiger partial charge in [0, 0.05) is 11.1 Å². The van der Waals surface area contributed by atoms with Crippen LogP contribution in [-0.2, 0) is 6.42 Å². The Morgan fingerprint density at radius 2 is 2.10 bits per heavy atom. The third-order valence-electron chi connectivity index (χ3n) is 4.56. The molecule has 3 heteroatoms. The van der Waals surface area contributed by atoms with Gasteiger partial charge in [-0.25, -0.2) is 4.39 Å². The molecule has 1 aliphatic rings.